The van der Waals surface area contributed by atoms with Crippen LogP contribution in [0.2, 0.25) is 0 Å². The Morgan fingerprint density at radius 1 is 1.24 bits per heavy atom. The van der Waals surface area contributed by atoms with Crippen molar-refractivity contribution in [2.45, 2.75) is 19.8 Å². The van der Waals surface area contributed by atoms with Crippen LogP contribution in [0.1, 0.15) is 19.8 Å². The van der Waals surface area contributed by atoms with Gasteiger partial charge < -0.3 is 9.85 Å². The molecule has 0 aromatic heterocycles. The molecule has 0 aliphatic carbocycles. The number of hydrogen-bond donors (Lipinski definition) is 0. The van der Waals surface area contributed by atoms with Crippen LogP contribution < -0.4 is 4.65 Å². The molecular weight excluding hydrogens is 220 g/mol. The van der Waals surface area contributed by atoms with Gasteiger partial charge in [-0.15, -0.1) is 0 Å². The number of hydrogen-bond acceptors (Lipinski definition) is 3. The highest BCUT2D eigenvalue weighted by Crippen LogP contribution is 2.30. The summed E-state index contributed by atoms with van der Waals surface area (Å²) >= 11 is 0. The maximum absolute atomic E-state index is 12.5. The number of rotatable bonds is 2. The zero-order valence-electron chi connectivity index (χ0n) is 9.83. The van der Waals surface area contributed by atoms with E-state index in [1.807, 2.05) is 0 Å². The molecule has 0 amide bonds. The van der Waals surface area contributed by atoms with E-state index in [9.17, 15) is 15.3 Å². The maximum Gasteiger partial charge on any atom is 0.269 e. The molecule has 1 saturated heterocycles. The van der Waals surface area contributed by atoms with Crippen LogP contribution in [0.5, 0.6) is 0 Å². The molecule has 1 heterocycles. The summed E-state index contributed by atoms with van der Waals surface area (Å²) in [6, 6.07) is 5.98. The van der Waals surface area contributed by atoms with E-state index in [1.54, 1.807) is 12.1 Å². The van der Waals surface area contributed by atoms with E-state index in [2.05, 4.69) is 6.92 Å². The van der Waals surface area contributed by atoms with Gasteiger partial charge in [-0.3, -0.25) is 10.1 Å². The van der Waals surface area contributed by atoms with Crippen LogP contribution in [-0.2, 0) is 0 Å². The highest BCUT2D eigenvalue weighted by Gasteiger charge is 2.27. The third-order valence-electron chi connectivity index (χ3n) is 3.50. The van der Waals surface area contributed by atoms with E-state index < -0.39 is 4.92 Å². The molecule has 5 nitrogen and oxygen atoms in total. The topological polar surface area (TPSA) is 66.2 Å². The zero-order valence-corrected chi connectivity index (χ0v) is 9.83. The second kappa shape index (κ2) is 4.43. The van der Waals surface area contributed by atoms with Gasteiger partial charge in [-0.1, -0.05) is 6.92 Å². The first kappa shape index (κ1) is 12.0. The standard InChI is InChI=1S/C12H16N2O3/c1-10-6-8-14(17,9-7-10)12-4-2-11(3-5-12)13(15)16/h2-5,10H,6-9H2,1H3. The Bertz CT molecular complexity index is 408. The van der Waals surface area contributed by atoms with Gasteiger partial charge in [-0.2, -0.15) is 0 Å². The number of nitrogens with zero attached hydrogens (tertiary/aromatic N) is 2. The maximum atomic E-state index is 12.5. The molecule has 0 saturated carbocycles. The van der Waals surface area contributed by atoms with Crippen molar-refractivity contribution in [1.82, 2.24) is 4.65 Å². The van der Waals surface area contributed by atoms with Gasteiger partial charge in [0.05, 0.1) is 18.0 Å². The number of quaternary nitrogens is 1. The van der Waals surface area contributed by atoms with Crippen molar-refractivity contribution in [2.24, 2.45) is 5.92 Å². The first-order valence-electron chi connectivity index (χ1n) is 5.84. The van der Waals surface area contributed by atoms with Crippen molar-refractivity contribution in [3.8, 4) is 0 Å². The highest BCUT2D eigenvalue weighted by molar-refractivity contribution is 5.49. The predicted molar refractivity (Wildman–Crippen MR) is 66.4 cm³/mol. The largest absolute Gasteiger partial charge is 0.627 e. The summed E-state index contributed by atoms with van der Waals surface area (Å²) in [4.78, 5) is 10.1. The Balaban J connectivity index is 2.19. The van der Waals surface area contributed by atoms with Gasteiger partial charge >= 0.3 is 0 Å². The van der Waals surface area contributed by atoms with Crippen LogP contribution in [-0.4, -0.2) is 18.0 Å². The quantitative estimate of drug-likeness (QED) is 0.343. The molecule has 0 spiro atoms. The van der Waals surface area contributed by atoms with E-state index in [4.69, 9.17) is 0 Å². The van der Waals surface area contributed by atoms with Crippen LogP contribution >= 0.6 is 0 Å². The molecule has 1 fully saturated rings. The molecule has 0 unspecified atom stereocenters. The SMILES string of the molecule is CC1CC[N+]([O-])(c2ccc([N+](=O)[O-])cc2)CC1. The van der Waals surface area contributed by atoms with E-state index in [0.717, 1.165) is 12.8 Å². The van der Waals surface area contributed by atoms with Crippen LogP contribution in [0.15, 0.2) is 24.3 Å². The highest BCUT2D eigenvalue weighted by atomic mass is 16.6. The van der Waals surface area contributed by atoms with Crippen molar-refractivity contribution in [3.63, 3.8) is 0 Å². The molecule has 1 aliphatic rings. The van der Waals surface area contributed by atoms with Crippen LogP contribution in [0, 0.1) is 21.2 Å². The average molecular weight is 236 g/mol. The normalized spacial score (nSPS) is 28.9. The lowest BCUT2D eigenvalue weighted by Gasteiger charge is -2.46. The van der Waals surface area contributed by atoms with Crippen molar-refractivity contribution < 1.29 is 4.92 Å². The van der Waals surface area contributed by atoms with E-state index in [1.165, 1.54) is 12.1 Å². The minimum atomic E-state index is -0.447. The van der Waals surface area contributed by atoms with Crippen molar-refractivity contribution in [1.29, 1.82) is 0 Å². The van der Waals surface area contributed by atoms with Crippen LogP contribution in [0.25, 0.3) is 0 Å². The molecule has 1 aliphatic heterocycles. The molecule has 2 rings (SSSR count). The second-order valence-electron chi connectivity index (χ2n) is 4.79. The average Bonchev–Trinajstić information content (AvgIpc) is 2.33. The van der Waals surface area contributed by atoms with Crippen molar-refractivity contribution in [3.05, 3.63) is 39.6 Å². The number of nitro groups is 1. The number of benzene rings is 1. The first-order valence-corrected chi connectivity index (χ1v) is 5.84. The summed E-state index contributed by atoms with van der Waals surface area (Å²) in [5, 5.41) is 23.1. The predicted octanol–water partition coefficient (Wildman–Crippen LogP) is 2.83. The van der Waals surface area contributed by atoms with E-state index >= 15 is 0 Å². The third-order valence-corrected chi connectivity index (χ3v) is 3.50. The molecule has 92 valence electrons. The molecule has 1 aromatic carbocycles. The summed E-state index contributed by atoms with van der Waals surface area (Å²) in [6.45, 7) is 3.29. The summed E-state index contributed by atoms with van der Waals surface area (Å²) in [5.74, 6) is 0.605. The van der Waals surface area contributed by atoms with E-state index in [-0.39, 0.29) is 10.3 Å². The van der Waals surface area contributed by atoms with Crippen molar-refractivity contribution in [2.75, 3.05) is 13.1 Å². The Hall–Kier alpha value is -1.46. The lowest BCUT2D eigenvalue weighted by atomic mass is 9.98. The summed E-state index contributed by atoms with van der Waals surface area (Å²) in [6.07, 6.45) is 1.83. The monoisotopic (exact) mass is 236 g/mol. The fraction of sp³-hybridized carbons (Fsp3) is 0.500. The smallest absolute Gasteiger partial charge is 0.269 e. The van der Waals surface area contributed by atoms with Gasteiger partial charge in [0.25, 0.3) is 5.69 Å². The molecule has 0 radical (unpaired) electrons. The summed E-state index contributed by atoms with van der Waals surface area (Å²) < 4.78 is -0.345. The zero-order chi connectivity index (χ0) is 12.5. The number of hydroxylamine groups is 2. The molecule has 0 bridgehead atoms. The first-order chi connectivity index (χ1) is 8.01. The van der Waals surface area contributed by atoms with Gasteiger partial charge in [0.1, 0.15) is 5.69 Å². The Kier molecular flexibility index (Phi) is 3.13. The molecule has 0 N–H and O–H groups in total. The summed E-state index contributed by atoms with van der Waals surface area (Å²) in [7, 11) is 0. The van der Waals surface area contributed by atoms with Gasteiger partial charge in [0.15, 0.2) is 0 Å². The molecule has 0 atom stereocenters. The number of piperidine rings is 1. The van der Waals surface area contributed by atoms with Crippen LogP contribution in [0.3, 0.4) is 0 Å². The fourth-order valence-electron chi connectivity index (χ4n) is 2.22. The Morgan fingerprint density at radius 3 is 2.24 bits per heavy atom. The van der Waals surface area contributed by atoms with Gasteiger partial charge in [0.2, 0.25) is 0 Å². The molecular formula is C12H16N2O3. The minimum Gasteiger partial charge on any atom is -0.627 e. The molecule has 1 aromatic rings. The lowest BCUT2D eigenvalue weighted by Crippen LogP contribution is -2.48. The minimum absolute atomic E-state index is 0.0331. The third kappa shape index (κ3) is 2.45. The van der Waals surface area contributed by atoms with E-state index in [0.29, 0.717) is 24.7 Å². The molecule has 17 heavy (non-hydrogen) atoms. The van der Waals surface area contributed by atoms with Crippen molar-refractivity contribution >= 4 is 11.4 Å². The van der Waals surface area contributed by atoms with Gasteiger partial charge in [0, 0.05) is 37.1 Å². The van der Waals surface area contributed by atoms with Gasteiger partial charge in [-0.05, 0) is 5.92 Å². The Labute approximate surface area is 100.0 Å². The Morgan fingerprint density at radius 2 is 1.76 bits per heavy atom. The summed E-state index contributed by atoms with van der Waals surface area (Å²) in [5.41, 5.74) is 0.660. The number of non-ortho nitro benzene ring substituents is 1. The fourth-order valence-corrected chi connectivity index (χ4v) is 2.22. The molecule has 5 heteroatoms. The lowest BCUT2D eigenvalue weighted by molar-refractivity contribution is -0.384. The number of nitro benzene ring substituents is 1. The van der Waals surface area contributed by atoms with Crippen LogP contribution in [0.4, 0.5) is 11.4 Å². The van der Waals surface area contributed by atoms with Gasteiger partial charge in [-0.25, -0.2) is 0 Å². The second-order valence-corrected chi connectivity index (χ2v) is 4.79.